The number of hydrogen-bond donors (Lipinski definition) is 0. The lowest BCUT2D eigenvalue weighted by Gasteiger charge is -2.08. The second kappa shape index (κ2) is 4.21. The first-order valence-corrected chi connectivity index (χ1v) is 4.21. The normalized spacial score (nSPS) is 10.2. The average Bonchev–Trinajstić information content (AvgIpc) is 2.12. The van der Waals surface area contributed by atoms with Crippen LogP contribution in [0, 0.1) is 11.6 Å². The zero-order valence-electron chi connectivity index (χ0n) is 7.73. The lowest BCUT2D eigenvalue weighted by molar-refractivity contribution is 0.367. The van der Waals surface area contributed by atoms with Gasteiger partial charge in [0.25, 0.3) is 0 Å². The van der Waals surface area contributed by atoms with Crippen molar-refractivity contribution >= 4 is 0 Å². The van der Waals surface area contributed by atoms with Gasteiger partial charge in [0.1, 0.15) is 0 Å². The molecule has 0 saturated carbocycles. The molecule has 0 aromatic heterocycles. The van der Waals surface area contributed by atoms with Crippen LogP contribution < -0.4 is 4.74 Å². The molecule has 0 amide bonds. The van der Waals surface area contributed by atoms with Crippen molar-refractivity contribution in [3.63, 3.8) is 0 Å². The molecule has 3 heteroatoms. The maximum absolute atomic E-state index is 13.1. The van der Waals surface area contributed by atoms with Crippen LogP contribution in [0.2, 0.25) is 0 Å². The first kappa shape index (κ1) is 9.96. The summed E-state index contributed by atoms with van der Waals surface area (Å²) in [5, 5.41) is 0. The van der Waals surface area contributed by atoms with Gasteiger partial charge in [0.15, 0.2) is 11.6 Å². The molecule has 1 aromatic rings. The minimum absolute atomic E-state index is 0.0295. The minimum Gasteiger partial charge on any atom is -0.493 e. The van der Waals surface area contributed by atoms with Gasteiger partial charge in [0.2, 0.25) is 5.82 Å². The summed E-state index contributed by atoms with van der Waals surface area (Å²) in [5.74, 6) is -1.73. The van der Waals surface area contributed by atoms with Gasteiger partial charge in [-0.2, -0.15) is 4.39 Å². The fourth-order valence-corrected chi connectivity index (χ4v) is 1.26. The highest BCUT2D eigenvalue weighted by atomic mass is 19.2. The molecule has 1 aromatic carbocycles. The molecule has 0 radical (unpaired) electrons. The molecule has 13 heavy (non-hydrogen) atoms. The van der Waals surface area contributed by atoms with Gasteiger partial charge in [0, 0.05) is 0 Å². The molecule has 0 bridgehead atoms. The van der Waals surface area contributed by atoms with Crippen molar-refractivity contribution in [1.29, 1.82) is 0 Å². The Morgan fingerprint density at radius 2 is 2.00 bits per heavy atom. The summed E-state index contributed by atoms with van der Waals surface area (Å²) in [6, 6.07) is 2.68. The quantitative estimate of drug-likeness (QED) is 0.705. The van der Waals surface area contributed by atoms with E-state index in [2.05, 4.69) is 0 Å². The summed E-state index contributed by atoms with van der Waals surface area (Å²) in [6.45, 7) is 1.97. The number of hydrogen-bond acceptors (Lipinski definition) is 1. The zero-order valence-corrected chi connectivity index (χ0v) is 7.73. The standard InChI is InChI=1S/C10H12F2O/c1-3-4-7-5-6-8(11)9(12)10(7)13-2/h5-6H,3-4H2,1-2H3. The summed E-state index contributed by atoms with van der Waals surface area (Å²) in [5.41, 5.74) is 0.712. The summed E-state index contributed by atoms with van der Waals surface area (Å²) >= 11 is 0. The number of ether oxygens (including phenoxy) is 1. The molecule has 0 aliphatic heterocycles. The first-order valence-electron chi connectivity index (χ1n) is 4.21. The Balaban J connectivity index is 3.13. The maximum atomic E-state index is 13.1. The highest BCUT2D eigenvalue weighted by molar-refractivity contribution is 5.35. The van der Waals surface area contributed by atoms with Crippen LogP contribution in [0.25, 0.3) is 0 Å². The van der Waals surface area contributed by atoms with Crippen molar-refractivity contribution < 1.29 is 13.5 Å². The van der Waals surface area contributed by atoms with Crippen LogP contribution in [0.1, 0.15) is 18.9 Å². The largest absolute Gasteiger partial charge is 0.493 e. The van der Waals surface area contributed by atoms with Gasteiger partial charge >= 0.3 is 0 Å². The number of benzene rings is 1. The number of halogens is 2. The molecule has 0 aliphatic rings. The van der Waals surface area contributed by atoms with E-state index in [1.807, 2.05) is 6.92 Å². The van der Waals surface area contributed by atoms with E-state index in [9.17, 15) is 8.78 Å². The molecule has 0 heterocycles. The molecule has 1 nitrogen and oxygen atoms in total. The summed E-state index contributed by atoms with van der Waals surface area (Å²) in [4.78, 5) is 0. The van der Waals surface area contributed by atoms with Crippen molar-refractivity contribution in [2.24, 2.45) is 0 Å². The van der Waals surface area contributed by atoms with E-state index in [0.29, 0.717) is 12.0 Å². The lowest BCUT2D eigenvalue weighted by atomic mass is 10.1. The van der Waals surface area contributed by atoms with Crippen LogP contribution in [-0.4, -0.2) is 7.11 Å². The lowest BCUT2D eigenvalue weighted by Crippen LogP contribution is -1.97. The van der Waals surface area contributed by atoms with Crippen molar-refractivity contribution in [2.45, 2.75) is 19.8 Å². The second-order valence-corrected chi connectivity index (χ2v) is 2.80. The Morgan fingerprint density at radius 3 is 2.54 bits per heavy atom. The molecule has 0 aliphatic carbocycles. The van der Waals surface area contributed by atoms with E-state index in [1.54, 1.807) is 6.07 Å². The van der Waals surface area contributed by atoms with Gasteiger partial charge in [-0.1, -0.05) is 19.4 Å². The van der Waals surface area contributed by atoms with Crippen LogP contribution in [0.5, 0.6) is 5.75 Å². The molecule has 1 rings (SSSR count). The van der Waals surface area contributed by atoms with Gasteiger partial charge in [-0.25, -0.2) is 4.39 Å². The van der Waals surface area contributed by atoms with E-state index in [-0.39, 0.29) is 5.75 Å². The smallest absolute Gasteiger partial charge is 0.200 e. The number of rotatable bonds is 3. The van der Waals surface area contributed by atoms with Gasteiger partial charge < -0.3 is 4.74 Å². The molecule has 0 N–H and O–H groups in total. The third-order valence-corrected chi connectivity index (χ3v) is 1.85. The maximum Gasteiger partial charge on any atom is 0.200 e. The predicted molar refractivity (Wildman–Crippen MR) is 46.9 cm³/mol. The van der Waals surface area contributed by atoms with Crippen molar-refractivity contribution in [2.75, 3.05) is 7.11 Å². The van der Waals surface area contributed by atoms with Gasteiger partial charge in [-0.15, -0.1) is 0 Å². The highest BCUT2D eigenvalue weighted by Gasteiger charge is 2.12. The molecular formula is C10H12F2O. The van der Waals surface area contributed by atoms with Gasteiger partial charge in [-0.3, -0.25) is 0 Å². The van der Waals surface area contributed by atoms with E-state index in [0.717, 1.165) is 12.5 Å². The Hall–Kier alpha value is -1.12. The molecule has 0 fully saturated rings. The monoisotopic (exact) mass is 186 g/mol. The molecule has 0 unspecified atom stereocenters. The van der Waals surface area contributed by atoms with E-state index in [4.69, 9.17) is 4.74 Å². The van der Waals surface area contributed by atoms with E-state index in [1.165, 1.54) is 7.11 Å². The Morgan fingerprint density at radius 1 is 1.31 bits per heavy atom. The van der Waals surface area contributed by atoms with Crippen LogP contribution in [0.3, 0.4) is 0 Å². The van der Waals surface area contributed by atoms with Crippen molar-refractivity contribution in [3.8, 4) is 5.75 Å². The molecule has 0 spiro atoms. The molecular weight excluding hydrogens is 174 g/mol. The Labute approximate surface area is 76.3 Å². The number of methoxy groups -OCH3 is 1. The number of aryl methyl sites for hydroxylation is 1. The van der Waals surface area contributed by atoms with Gasteiger partial charge in [-0.05, 0) is 18.1 Å². The highest BCUT2D eigenvalue weighted by Crippen LogP contribution is 2.25. The topological polar surface area (TPSA) is 9.23 Å². The van der Waals surface area contributed by atoms with Crippen LogP contribution in [0.15, 0.2) is 12.1 Å². The fourth-order valence-electron chi connectivity index (χ4n) is 1.26. The van der Waals surface area contributed by atoms with Crippen molar-refractivity contribution in [1.82, 2.24) is 0 Å². The summed E-state index contributed by atoms with van der Waals surface area (Å²) < 4.78 is 30.6. The molecule has 0 atom stereocenters. The third kappa shape index (κ3) is 1.97. The second-order valence-electron chi connectivity index (χ2n) is 2.80. The first-order chi connectivity index (χ1) is 6.20. The summed E-state index contributed by atoms with van der Waals surface area (Å²) in [6.07, 6.45) is 1.57. The van der Waals surface area contributed by atoms with Crippen LogP contribution >= 0.6 is 0 Å². The third-order valence-electron chi connectivity index (χ3n) is 1.85. The molecule has 0 saturated heterocycles. The zero-order chi connectivity index (χ0) is 9.84. The minimum atomic E-state index is -0.895. The Bertz CT molecular complexity index is 297. The van der Waals surface area contributed by atoms with Gasteiger partial charge in [0.05, 0.1) is 7.11 Å². The summed E-state index contributed by atoms with van der Waals surface area (Å²) in [7, 11) is 1.34. The van der Waals surface area contributed by atoms with Crippen LogP contribution in [0.4, 0.5) is 8.78 Å². The van der Waals surface area contributed by atoms with E-state index >= 15 is 0 Å². The molecule has 72 valence electrons. The van der Waals surface area contributed by atoms with Crippen LogP contribution in [-0.2, 0) is 6.42 Å². The fraction of sp³-hybridized carbons (Fsp3) is 0.400. The predicted octanol–water partition coefficient (Wildman–Crippen LogP) is 2.93. The van der Waals surface area contributed by atoms with E-state index < -0.39 is 11.6 Å². The average molecular weight is 186 g/mol. The van der Waals surface area contributed by atoms with Crippen molar-refractivity contribution in [3.05, 3.63) is 29.3 Å². The Kier molecular flexibility index (Phi) is 3.23. The SMILES string of the molecule is CCCc1ccc(F)c(F)c1OC.